The number of alkyl halides is 3. The van der Waals surface area contributed by atoms with Gasteiger partial charge in [-0.15, -0.1) is 0 Å². The average molecular weight is 251 g/mol. The van der Waals surface area contributed by atoms with Crippen LogP contribution in [0.3, 0.4) is 0 Å². The molecule has 0 fully saturated rings. The number of halogens is 3. The molecule has 2 rings (SSSR count). The summed E-state index contributed by atoms with van der Waals surface area (Å²) >= 11 is 0. The molecule has 0 spiro atoms. The molecular formula is C14H12F3N. The molecule has 2 N–H and O–H groups in total. The van der Waals surface area contributed by atoms with Gasteiger partial charge in [0.2, 0.25) is 0 Å². The normalized spacial score (nSPS) is 13.3. The molecule has 94 valence electrons. The van der Waals surface area contributed by atoms with E-state index in [0.29, 0.717) is 0 Å². The summed E-state index contributed by atoms with van der Waals surface area (Å²) in [6.07, 6.45) is -4.41. The maximum Gasteiger partial charge on any atom is 0.407 e. The van der Waals surface area contributed by atoms with Crippen LogP contribution in [0.4, 0.5) is 13.2 Å². The molecule has 0 aliphatic rings. The Morgan fingerprint density at radius 3 is 1.78 bits per heavy atom. The number of nitrogens with two attached hydrogens (primary N) is 1. The molecule has 1 atom stereocenters. The summed E-state index contributed by atoms with van der Waals surface area (Å²) in [5, 5.41) is 0. The minimum Gasteiger partial charge on any atom is -0.316 e. The zero-order valence-corrected chi connectivity index (χ0v) is 9.48. The fourth-order valence-corrected chi connectivity index (χ4v) is 1.70. The van der Waals surface area contributed by atoms with Crippen LogP contribution >= 0.6 is 0 Å². The highest BCUT2D eigenvalue weighted by atomic mass is 19.4. The van der Waals surface area contributed by atoms with Crippen molar-refractivity contribution in [2.45, 2.75) is 12.2 Å². The lowest BCUT2D eigenvalue weighted by Crippen LogP contribution is -2.28. The fraction of sp³-hybridized carbons (Fsp3) is 0.143. The summed E-state index contributed by atoms with van der Waals surface area (Å²) in [4.78, 5) is 0. The van der Waals surface area contributed by atoms with E-state index in [-0.39, 0.29) is 5.56 Å². The van der Waals surface area contributed by atoms with Crippen LogP contribution in [0.1, 0.15) is 11.6 Å². The molecular weight excluding hydrogens is 239 g/mol. The van der Waals surface area contributed by atoms with Crippen LogP contribution in [0.25, 0.3) is 11.1 Å². The Bertz CT molecular complexity index is 503. The van der Waals surface area contributed by atoms with Crippen molar-refractivity contribution >= 4 is 0 Å². The van der Waals surface area contributed by atoms with E-state index in [9.17, 15) is 13.2 Å². The van der Waals surface area contributed by atoms with Crippen LogP contribution in [0.15, 0.2) is 54.6 Å². The zero-order valence-electron chi connectivity index (χ0n) is 9.48. The summed E-state index contributed by atoms with van der Waals surface area (Å²) in [7, 11) is 0. The van der Waals surface area contributed by atoms with E-state index >= 15 is 0 Å². The molecule has 0 aromatic heterocycles. The second-order valence-electron chi connectivity index (χ2n) is 4.01. The predicted molar refractivity (Wildman–Crippen MR) is 64.9 cm³/mol. The first-order chi connectivity index (χ1) is 8.48. The molecule has 0 unspecified atom stereocenters. The van der Waals surface area contributed by atoms with Gasteiger partial charge in [-0.2, -0.15) is 13.2 Å². The highest BCUT2D eigenvalue weighted by Gasteiger charge is 2.37. The van der Waals surface area contributed by atoms with E-state index in [1.54, 1.807) is 12.1 Å². The lowest BCUT2D eigenvalue weighted by atomic mass is 10.0. The van der Waals surface area contributed by atoms with Gasteiger partial charge in [-0.1, -0.05) is 54.6 Å². The summed E-state index contributed by atoms with van der Waals surface area (Å²) in [6.45, 7) is 0. The van der Waals surface area contributed by atoms with Crippen molar-refractivity contribution in [3.63, 3.8) is 0 Å². The molecule has 0 radical (unpaired) electrons. The third kappa shape index (κ3) is 2.71. The van der Waals surface area contributed by atoms with E-state index < -0.39 is 12.2 Å². The van der Waals surface area contributed by atoms with Crippen LogP contribution in [-0.2, 0) is 0 Å². The summed E-state index contributed by atoms with van der Waals surface area (Å²) in [6, 6.07) is 13.7. The molecule has 0 saturated heterocycles. The molecule has 0 aliphatic heterocycles. The highest BCUT2D eigenvalue weighted by Crippen LogP contribution is 2.31. The third-order valence-electron chi connectivity index (χ3n) is 2.73. The number of benzene rings is 2. The van der Waals surface area contributed by atoms with Gasteiger partial charge in [0.15, 0.2) is 0 Å². The molecule has 18 heavy (non-hydrogen) atoms. The lowest BCUT2D eigenvalue weighted by molar-refractivity contribution is -0.149. The third-order valence-corrected chi connectivity index (χ3v) is 2.73. The minimum absolute atomic E-state index is 0.0715. The molecule has 2 aromatic carbocycles. The van der Waals surface area contributed by atoms with Gasteiger partial charge in [0, 0.05) is 0 Å². The Balaban J connectivity index is 2.26. The van der Waals surface area contributed by atoms with E-state index in [1.165, 1.54) is 12.1 Å². The predicted octanol–water partition coefficient (Wildman–Crippen LogP) is 3.92. The van der Waals surface area contributed by atoms with Crippen molar-refractivity contribution in [1.29, 1.82) is 0 Å². The fourth-order valence-electron chi connectivity index (χ4n) is 1.70. The first-order valence-corrected chi connectivity index (χ1v) is 5.46. The second kappa shape index (κ2) is 4.82. The minimum atomic E-state index is -4.41. The molecule has 0 aliphatic carbocycles. The van der Waals surface area contributed by atoms with Crippen molar-refractivity contribution in [2.24, 2.45) is 5.73 Å². The average Bonchev–Trinajstić information content (AvgIpc) is 2.38. The highest BCUT2D eigenvalue weighted by molar-refractivity contribution is 5.63. The Kier molecular flexibility index (Phi) is 3.39. The van der Waals surface area contributed by atoms with Gasteiger partial charge in [-0.05, 0) is 16.7 Å². The number of rotatable bonds is 2. The zero-order chi connectivity index (χ0) is 13.2. The van der Waals surface area contributed by atoms with Gasteiger partial charge in [0.1, 0.15) is 6.04 Å². The topological polar surface area (TPSA) is 26.0 Å². The molecule has 4 heteroatoms. The molecule has 2 aromatic rings. The molecule has 1 nitrogen and oxygen atoms in total. The maximum atomic E-state index is 12.4. The van der Waals surface area contributed by atoms with Crippen LogP contribution in [0.5, 0.6) is 0 Å². The lowest BCUT2D eigenvalue weighted by Gasteiger charge is -2.16. The van der Waals surface area contributed by atoms with Gasteiger partial charge in [-0.25, -0.2) is 0 Å². The Morgan fingerprint density at radius 2 is 1.28 bits per heavy atom. The number of hydrogen-bond acceptors (Lipinski definition) is 1. The van der Waals surface area contributed by atoms with E-state index in [1.807, 2.05) is 30.3 Å². The second-order valence-corrected chi connectivity index (χ2v) is 4.01. The van der Waals surface area contributed by atoms with Crippen LogP contribution < -0.4 is 5.73 Å². The van der Waals surface area contributed by atoms with Crippen molar-refractivity contribution in [1.82, 2.24) is 0 Å². The van der Waals surface area contributed by atoms with Crippen LogP contribution in [0, 0.1) is 0 Å². The van der Waals surface area contributed by atoms with Crippen molar-refractivity contribution in [3.8, 4) is 11.1 Å². The molecule has 0 saturated carbocycles. The van der Waals surface area contributed by atoms with E-state index in [4.69, 9.17) is 5.73 Å². The first-order valence-electron chi connectivity index (χ1n) is 5.46. The van der Waals surface area contributed by atoms with Crippen molar-refractivity contribution in [3.05, 3.63) is 60.2 Å². The van der Waals surface area contributed by atoms with Gasteiger partial charge in [0.25, 0.3) is 0 Å². The Hall–Kier alpha value is -1.81. The SMILES string of the molecule is N[C@H](c1ccc(-c2ccccc2)cc1)C(F)(F)F. The standard InChI is InChI=1S/C14H12F3N/c15-14(16,17)13(18)12-8-6-11(7-9-12)10-4-2-1-3-5-10/h1-9,13H,18H2/t13-/m1/s1. The Morgan fingerprint density at radius 1 is 0.778 bits per heavy atom. The quantitative estimate of drug-likeness (QED) is 0.860. The number of hydrogen-bond donors (Lipinski definition) is 1. The van der Waals surface area contributed by atoms with Gasteiger partial charge in [0.05, 0.1) is 0 Å². The summed E-state index contributed by atoms with van der Waals surface area (Å²) in [5.41, 5.74) is 7.04. The Labute approximate surface area is 103 Å². The largest absolute Gasteiger partial charge is 0.407 e. The maximum absolute atomic E-state index is 12.4. The summed E-state index contributed by atoms with van der Waals surface area (Å²) < 4.78 is 37.3. The molecule has 0 heterocycles. The van der Waals surface area contributed by atoms with Gasteiger partial charge in [-0.3, -0.25) is 0 Å². The van der Waals surface area contributed by atoms with Crippen LogP contribution in [0.2, 0.25) is 0 Å². The van der Waals surface area contributed by atoms with Crippen molar-refractivity contribution in [2.75, 3.05) is 0 Å². The first kappa shape index (κ1) is 12.6. The molecule has 0 bridgehead atoms. The molecule has 0 amide bonds. The smallest absolute Gasteiger partial charge is 0.316 e. The van der Waals surface area contributed by atoms with Gasteiger partial charge < -0.3 is 5.73 Å². The van der Waals surface area contributed by atoms with E-state index in [0.717, 1.165) is 11.1 Å². The summed E-state index contributed by atoms with van der Waals surface area (Å²) in [5.74, 6) is 0. The van der Waals surface area contributed by atoms with Crippen molar-refractivity contribution < 1.29 is 13.2 Å². The van der Waals surface area contributed by atoms with Gasteiger partial charge >= 0.3 is 6.18 Å². The monoisotopic (exact) mass is 251 g/mol. The van der Waals surface area contributed by atoms with E-state index in [2.05, 4.69) is 0 Å². The van der Waals surface area contributed by atoms with Crippen LogP contribution in [-0.4, -0.2) is 6.18 Å².